The summed E-state index contributed by atoms with van der Waals surface area (Å²) in [5.41, 5.74) is 1.16. The Morgan fingerprint density at radius 3 is 2.50 bits per heavy atom. The standard InChI is InChI=1S/C18H20Cl2N4O2/c1-26-15-4-2-14(3-5-15)24-8-6-23(7-9-24)12-17(25)22-18-16(20)10-13(19)11-21-18/h2-5,10-11H,6-9,12H2,1H3,(H,21,22,25). The van der Waals surface area contributed by atoms with E-state index in [1.54, 1.807) is 13.2 Å². The molecule has 1 N–H and O–H groups in total. The van der Waals surface area contributed by atoms with Crippen LogP contribution in [0.4, 0.5) is 11.5 Å². The van der Waals surface area contributed by atoms with Gasteiger partial charge in [-0.1, -0.05) is 23.2 Å². The molecule has 1 aromatic heterocycles. The highest BCUT2D eigenvalue weighted by Crippen LogP contribution is 2.23. The third-order valence-corrected chi connectivity index (χ3v) is 4.74. The molecule has 6 nitrogen and oxygen atoms in total. The van der Waals surface area contributed by atoms with E-state index in [-0.39, 0.29) is 5.91 Å². The van der Waals surface area contributed by atoms with Gasteiger partial charge in [-0.3, -0.25) is 9.69 Å². The van der Waals surface area contributed by atoms with Gasteiger partial charge in [-0.2, -0.15) is 0 Å². The van der Waals surface area contributed by atoms with E-state index in [0.29, 0.717) is 22.4 Å². The second kappa shape index (κ2) is 8.58. The summed E-state index contributed by atoms with van der Waals surface area (Å²) in [5.74, 6) is 1.04. The van der Waals surface area contributed by atoms with Crippen molar-refractivity contribution in [1.29, 1.82) is 0 Å². The molecular weight excluding hydrogens is 375 g/mol. The number of halogens is 2. The van der Waals surface area contributed by atoms with Gasteiger partial charge >= 0.3 is 0 Å². The third kappa shape index (κ3) is 4.78. The van der Waals surface area contributed by atoms with Crippen molar-refractivity contribution in [2.75, 3.05) is 50.1 Å². The van der Waals surface area contributed by atoms with E-state index >= 15 is 0 Å². The zero-order valence-electron chi connectivity index (χ0n) is 14.4. The molecule has 1 saturated heterocycles. The van der Waals surface area contributed by atoms with Gasteiger partial charge in [0.05, 0.1) is 23.7 Å². The number of piperazine rings is 1. The number of hydrogen-bond donors (Lipinski definition) is 1. The lowest BCUT2D eigenvalue weighted by atomic mass is 10.2. The number of pyridine rings is 1. The number of hydrogen-bond acceptors (Lipinski definition) is 5. The van der Waals surface area contributed by atoms with Crippen LogP contribution in [-0.2, 0) is 4.79 Å². The molecule has 0 aliphatic carbocycles. The van der Waals surface area contributed by atoms with Crippen LogP contribution in [0.1, 0.15) is 0 Å². The van der Waals surface area contributed by atoms with Crippen LogP contribution in [0.25, 0.3) is 0 Å². The number of amides is 1. The normalized spacial score (nSPS) is 15.0. The number of aromatic nitrogens is 1. The van der Waals surface area contributed by atoms with E-state index in [1.807, 2.05) is 12.1 Å². The lowest BCUT2D eigenvalue weighted by Crippen LogP contribution is -2.48. The van der Waals surface area contributed by atoms with Gasteiger partial charge in [0, 0.05) is 38.1 Å². The number of rotatable bonds is 5. The first-order chi connectivity index (χ1) is 12.5. The number of carbonyl (C=O) groups is 1. The molecule has 1 aliphatic heterocycles. The molecular formula is C18H20Cl2N4O2. The summed E-state index contributed by atoms with van der Waals surface area (Å²) in [6.07, 6.45) is 1.46. The topological polar surface area (TPSA) is 57.7 Å². The Labute approximate surface area is 162 Å². The minimum atomic E-state index is -0.139. The zero-order chi connectivity index (χ0) is 18.5. The number of methoxy groups -OCH3 is 1. The van der Waals surface area contributed by atoms with Crippen LogP contribution in [0.15, 0.2) is 36.5 Å². The lowest BCUT2D eigenvalue weighted by molar-refractivity contribution is -0.117. The smallest absolute Gasteiger partial charge is 0.239 e. The third-order valence-electron chi connectivity index (χ3n) is 4.24. The Morgan fingerprint density at radius 2 is 1.88 bits per heavy atom. The monoisotopic (exact) mass is 394 g/mol. The van der Waals surface area contributed by atoms with Gasteiger partial charge < -0.3 is 15.0 Å². The summed E-state index contributed by atoms with van der Waals surface area (Å²) in [6, 6.07) is 9.57. The SMILES string of the molecule is COc1ccc(N2CCN(CC(=O)Nc3ncc(Cl)cc3Cl)CC2)cc1. The second-order valence-electron chi connectivity index (χ2n) is 5.99. The summed E-state index contributed by atoms with van der Waals surface area (Å²) < 4.78 is 5.19. The first-order valence-corrected chi connectivity index (χ1v) is 9.03. The number of nitrogens with one attached hydrogen (secondary N) is 1. The van der Waals surface area contributed by atoms with E-state index in [9.17, 15) is 4.79 Å². The van der Waals surface area contributed by atoms with Gasteiger partial charge in [-0.25, -0.2) is 4.98 Å². The number of ether oxygens (including phenoxy) is 1. The molecule has 0 saturated carbocycles. The maximum atomic E-state index is 12.2. The van der Waals surface area contributed by atoms with Crippen LogP contribution in [0.5, 0.6) is 5.75 Å². The fraction of sp³-hybridized carbons (Fsp3) is 0.333. The number of nitrogens with zero attached hydrogens (tertiary/aromatic N) is 3. The van der Waals surface area contributed by atoms with Crippen LogP contribution in [0.3, 0.4) is 0 Å². The van der Waals surface area contributed by atoms with Crippen LogP contribution in [-0.4, -0.2) is 55.6 Å². The quantitative estimate of drug-likeness (QED) is 0.843. The summed E-state index contributed by atoms with van der Waals surface area (Å²) in [4.78, 5) is 20.7. The van der Waals surface area contributed by atoms with Crippen molar-refractivity contribution in [2.24, 2.45) is 0 Å². The molecule has 26 heavy (non-hydrogen) atoms. The number of benzene rings is 1. The van der Waals surface area contributed by atoms with E-state index in [1.165, 1.54) is 6.20 Å². The average Bonchev–Trinajstić information content (AvgIpc) is 2.65. The van der Waals surface area contributed by atoms with Gasteiger partial charge in [0.15, 0.2) is 5.82 Å². The average molecular weight is 395 g/mol. The first-order valence-electron chi connectivity index (χ1n) is 8.27. The highest BCUT2D eigenvalue weighted by Gasteiger charge is 2.20. The van der Waals surface area contributed by atoms with Crippen LogP contribution in [0.2, 0.25) is 10.0 Å². The van der Waals surface area contributed by atoms with Crippen LogP contribution in [0, 0.1) is 0 Å². The Bertz CT molecular complexity index is 762. The van der Waals surface area contributed by atoms with Crippen molar-refractivity contribution in [3.05, 3.63) is 46.6 Å². The molecule has 0 bridgehead atoms. The Kier molecular flexibility index (Phi) is 6.19. The largest absolute Gasteiger partial charge is 0.497 e. The molecule has 0 spiro atoms. The van der Waals surface area contributed by atoms with Gasteiger partial charge in [0.25, 0.3) is 0 Å². The van der Waals surface area contributed by atoms with Gasteiger partial charge in [-0.15, -0.1) is 0 Å². The summed E-state index contributed by atoms with van der Waals surface area (Å²) in [6.45, 7) is 3.64. The second-order valence-corrected chi connectivity index (χ2v) is 6.84. The molecule has 8 heteroatoms. The highest BCUT2D eigenvalue weighted by molar-refractivity contribution is 6.36. The molecule has 138 valence electrons. The Balaban J connectivity index is 1.49. The van der Waals surface area contributed by atoms with Crippen molar-refractivity contribution in [3.63, 3.8) is 0 Å². The van der Waals surface area contributed by atoms with E-state index in [2.05, 4.69) is 32.2 Å². The lowest BCUT2D eigenvalue weighted by Gasteiger charge is -2.35. The molecule has 1 fully saturated rings. The van der Waals surface area contributed by atoms with Crippen LogP contribution >= 0.6 is 23.2 Å². The summed E-state index contributed by atoms with van der Waals surface area (Å²) >= 11 is 11.8. The van der Waals surface area contributed by atoms with Crippen molar-refractivity contribution < 1.29 is 9.53 Å². The van der Waals surface area contributed by atoms with Gasteiger partial charge in [-0.05, 0) is 30.3 Å². The maximum absolute atomic E-state index is 12.2. The fourth-order valence-electron chi connectivity index (χ4n) is 2.84. The molecule has 0 unspecified atom stereocenters. The minimum absolute atomic E-state index is 0.139. The molecule has 1 aromatic carbocycles. The van der Waals surface area contributed by atoms with Gasteiger partial charge in [0.1, 0.15) is 5.75 Å². The summed E-state index contributed by atoms with van der Waals surface area (Å²) in [7, 11) is 1.66. The zero-order valence-corrected chi connectivity index (χ0v) is 15.9. The van der Waals surface area contributed by atoms with Crippen molar-refractivity contribution >= 4 is 40.6 Å². The molecule has 2 heterocycles. The van der Waals surface area contributed by atoms with E-state index in [4.69, 9.17) is 27.9 Å². The Hall–Kier alpha value is -2.02. The minimum Gasteiger partial charge on any atom is -0.497 e. The molecule has 1 aliphatic rings. The molecule has 3 rings (SSSR count). The number of anilines is 2. The number of carbonyl (C=O) groups excluding carboxylic acids is 1. The molecule has 0 radical (unpaired) electrons. The predicted octanol–water partition coefficient (Wildman–Crippen LogP) is 3.16. The van der Waals surface area contributed by atoms with Gasteiger partial charge in [0.2, 0.25) is 5.91 Å². The maximum Gasteiger partial charge on any atom is 0.239 e. The summed E-state index contributed by atoms with van der Waals surface area (Å²) in [5, 5.41) is 3.49. The highest BCUT2D eigenvalue weighted by atomic mass is 35.5. The van der Waals surface area contributed by atoms with Crippen molar-refractivity contribution in [1.82, 2.24) is 9.88 Å². The predicted molar refractivity (Wildman–Crippen MR) is 105 cm³/mol. The van der Waals surface area contributed by atoms with E-state index in [0.717, 1.165) is 37.6 Å². The van der Waals surface area contributed by atoms with E-state index < -0.39 is 0 Å². The first kappa shape index (κ1) is 18.8. The fourth-order valence-corrected chi connectivity index (χ4v) is 3.27. The van der Waals surface area contributed by atoms with Crippen molar-refractivity contribution in [2.45, 2.75) is 0 Å². The molecule has 1 amide bonds. The molecule has 0 atom stereocenters. The Morgan fingerprint density at radius 1 is 1.19 bits per heavy atom. The van der Waals surface area contributed by atoms with Crippen LogP contribution < -0.4 is 15.0 Å². The van der Waals surface area contributed by atoms with Crippen molar-refractivity contribution in [3.8, 4) is 5.75 Å². The molecule has 2 aromatic rings.